The Hall–Kier alpha value is -0.940. The first kappa shape index (κ1) is 13.5. The molecule has 1 aliphatic heterocycles. The molecule has 1 N–H and O–H groups in total. The monoisotopic (exact) mass is 252 g/mol. The number of hydrogen-bond acceptors (Lipinski definition) is 4. The van der Waals surface area contributed by atoms with Crippen LogP contribution in [0.5, 0.6) is 0 Å². The average Bonchev–Trinajstić information content (AvgIpc) is 2.78. The molecule has 2 heterocycles. The third-order valence-electron chi connectivity index (χ3n) is 3.68. The molecule has 0 spiro atoms. The first-order chi connectivity index (χ1) is 8.63. The van der Waals surface area contributed by atoms with Crippen LogP contribution in [0.1, 0.15) is 44.9 Å². The van der Waals surface area contributed by atoms with Crippen LogP contribution in [-0.2, 0) is 17.7 Å². The van der Waals surface area contributed by atoms with E-state index in [0.29, 0.717) is 12.0 Å². The van der Waals surface area contributed by atoms with Gasteiger partial charge in [0.25, 0.3) is 0 Å². The van der Waals surface area contributed by atoms with Gasteiger partial charge in [0.2, 0.25) is 0 Å². The standard InChI is InChI=1S/C13H24N4O/c1-9(2)12-13-16-15-11(6-5-10(3)18-4)17(13)8-7-14-12/h9-10,12,14H,5-8H2,1-4H3. The van der Waals surface area contributed by atoms with Gasteiger partial charge in [-0.1, -0.05) is 13.8 Å². The molecule has 0 saturated heterocycles. The van der Waals surface area contributed by atoms with Crippen molar-refractivity contribution < 1.29 is 4.74 Å². The molecule has 0 radical (unpaired) electrons. The van der Waals surface area contributed by atoms with Crippen molar-refractivity contribution >= 4 is 0 Å². The SMILES string of the molecule is COC(C)CCc1nnc2n1CCNC2C(C)C. The summed E-state index contributed by atoms with van der Waals surface area (Å²) in [6.45, 7) is 8.50. The predicted octanol–water partition coefficient (Wildman–Crippen LogP) is 1.55. The van der Waals surface area contributed by atoms with Crippen LogP contribution < -0.4 is 5.32 Å². The molecule has 0 aromatic carbocycles. The zero-order valence-corrected chi connectivity index (χ0v) is 11.8. The first-order valence-corrected chi connectivity index (χ1v) is 6.81. The number of methoxy groups -OCH3 is 1. The topological polar surface area (TPSA) is 52.0 Å². The summed E-state index contributed by atoms with van der Waals surface area (Å²) < 4.78 is 7.56. The highest BCUT2D eigenvalue weighted by atomic mass is 16.5. The molecule has 1 aromatic heterocycles. The third kappa shape index (κ3) is 2.72. The minimum atomic E-state index is 0.278. The zero-order valence-electron chi connectivity index (χ0n) is 11.8. The summed E-state index contributed by atoms with van der Waals surface area (Å²) in [4.78, 5) is 0. The van der Waals surface area contributed by atoms with Crippen LogP contribution in [0, 0.1) is 5.92 Å². The number of nitrogens with one attached hydrogen (secondary N) is 1. The number of aromatic nitrogens is 3. The van der Waals surface area contributed by atoms with E-state index in [1.807, 2.05) is 0 Å². The number of hydrogen-bond donors (Lipinski definition) is 1. The predicted molar refractivity (Wildman–Crippen MR) is 70.4 cm³/mol. The molecule has 0 amide bonds. The Kier molecular flexibility index (Phi) is 4.35. The number of nitrogens with zero attached hydrogens (tertiary/aromatic N) is 3. The van der Waals surface area contributed by atoms with Crippen molar-refractivity contribution in [3.8, 4) is 0 Å². The van der Waals surface area contributed by atoms with E-state index in [2.05, 4.69) is 40.9 Å². The van der Waals surface area contributed by atoms with Gasteiger partial charge in [-0.25, -0.2) is 0 Å². The number of aryl methyl sites for hydroxylation is 1. The van der Waals surface area contributed by atoms with Crippen molar-refractivity contribution in [2.45, 2.75) is 52.3 Å². The molecule has 18 heavy (non-hydrogen) atoms. The van der Waals surface area contributed by atoms with Crippen molar-refractivity contribution in [3.05, 3.63) is 11.6 Å². The molecule has 0 fully saturated rings. The van der Waals surface area contributed by atoms with Crippen LogP contribution in [0.4, 0.5) is 0 Å². The maximum absolute atomic E-state index is 5.28. The zero-order chi connectivity index (χ0) is 13.1. The molecular formula is C13H24N4O. The highest BCUT2D eigenvalue weighted by molar-refractivity contribution is 5.05. The quantitative estimate of drug-likeness (QED) is 0.864. The van der Waals surface area contributed by atoms with Gasteiger partial charge in [-0.3, -0.25) is 0 Å². The fraction of sp³-hybridized carbons (Fsp3) is 0.846. The van der Waals surface area contributed by atoms with Crippen molar-refractivity contribution in [1.29, 1.82) is 0 Å². The van der Waals surface area contributed by atoms with Crippen molar-refractivity contribution in [2.75, 3.05) is 13.7 Å². The fourth-order valence-electron chi connectivity index (χ4n) is 2.41. The van der Waals surface area contributed by atoms with Gasteiger partial charge in [0.05, 0.1) is 12.1 Å². The smallest absolute Gasteiger partial charge is 0.150 e. The van der Waals surface area contributed by atoms with Gasteiger partial charge >= 0.3 is 0 Å². The summed E-state index contributed by atoms with van der Waals surface area (Å²) in [6, 6.07) is 0.333. The molecule has 5 heteroatoms. The summed E-state index contributed by atoms with van der Waals surface area (Å²) in [5, 5.41) is 12.2. The Balaban J connectivity index is 2.10. The highest BCUT2D eigenvalue weighted by Gasteiger charge is 2.26. The highest BCUT2D eigenvalue weighted by Crippen LogP contribution is 2.24. The minimum absolute atomic E-state index is 0.278. The summed E-state index contributed by atoms with van der Waals surface area (Å²) >= 11 is 0. The summed E-state index contributed by atoms with van der Waals surface area (Å²) in [7, 11) is 1.75. The second-order valence-electron chi connectivity index (χ2n) is 5.39. The molecule has 2 rings (SSSR count). The van der Waals surface area contributed by atoms with E-state index >= 15 is 0 Å². The van der Waals surface area contributed by atoms with E-state index in [9.17, 15) is 0 Å². The molecule has 0 bridgehead atoms. The lowest BCUT2D eigenvalue weighted by atomic mass is 10.0. The molecule has 5 nitrogen and oxygen atoms in total. The van der Waals surface area contributed by atoms with Crippen LogP contribution in [0.25, 0.3) is 0 Å². The number of ether oxygens (including phenoxy) is 1. The van der Waals surface area contributed by atoms with E-state index in [0.717, 1.165) is 37.6 Å². The van der Waals surface area contributed by atoms with Crippen molar-refractivity contribution in [1.82, 2.24) is 20.1 Å². The van der Waals surface area contributed by atoms with E-state index < -0.39 is 0 Å². The first-order valence-electron chi connectivity index (χ1n) is 6.81. The summed E-state index contributed by atoms with van der Waals surface area (Å²) in [6.07, 6.45) is 2.21. The lowest BCUT2D eigenvalue weighted by molar-refractivity contribution is 0.110. The molecule has 2 atom stereocenters. The summed E-state index contributed by atoms with van der Waals surface area (Å²) in [5.74, 6) is 2.73. The molecule has 1 aliphatic rings. The molecule has 0 saturated carbocycles. The maximum Gasteiger partial charge on any atom is 0.150 e. The largest absolute Gasteiger partial charge is 0.382 e. The van der Waals surface area contributed by atoms with E-state index in [1.165, 1.54) is 0 Å². The van der Waals surface area contributed by atoms with Gasteiger partial charge in [-0.15, -0.1) is 10.2 Å². The second kappa shape index (κ2) is 5.80. The van der Waals surface area contributed by atoms with Crippen LogP contribution in [-0.4, -0.2) is 34.5 Å². The molecular weight excluding hydrogens is 228 g/mol. The Morgan fingerprint density at radius 2 is 2.17 bits per heavy atom. The Morgan fingerprint density at radius 1 is 1.39 bits per heavy atom. The van der Waals surface area contributed by atoms with E-state index in [4.69, 9.17) is 4.74 Å². The van der Waals surface area contributed by atoms with Gasteiger partial charge in [-0.2, -0.15) is 0 Å². The molecule has 0 aliphatic carbocycles. The summed E-state index contributed by atoms with van der Waals surface area (Å²) in [5.41, 5.74) is 0. The normalized spacial score (nSPS) is 21.1. The Bertz CT molecular complexity index is 388. The Morgan fingerprint density at radius 3 is 2.83 bits per heavy atom. The molecule has 102 valence electrons. The van der Waals surface area contributed by atoms with Crippen molar-refractivity contribution in [3.63, 3.8) is 0 Å². The Labute approximate surface area is 109 Å². The second-order valence-corrected chi connectivity index (χ2v) is 5.39. The fourth-order valence-corrected chi connectivity index (χ4v) is 2.41. The van der Waals surface area contributed by atoms with Gasteiger partial charge in [-0.05, 0) is 19.3 Å². The van der Waals surface area contributed by atoms with Gasteiger partial charge in [0, 0.05) is 26.6 Å². The van der Waals surface area contributed by atoms with E-state index in [-0.39, 0.29) is 6.10 Å². The third-order valence-corrected chi connectivity index (χ3v) is 3.68. The number of rotatable bonds is 5. The maximum atomic E-state index is 5.28. The van der Waals surface area contributed by atoms with Crippen molar-refractivity contribution in [2.24, 2.45) is 5.92 Å². The average molecular weight is 252 g/mol. The minimum Gasteiger partial charge on any atom is -0.382 e. The molecule has 2 unspecified atom stereocenters. The van der Waals surface area contributed by atoms with Crippen LogP contribution in [0.2, 0.25) is 0 Å². The van der Waals surface area contributed by atoms with Gasteiger partial charge in [0.1, 0.15) is 5.82 Å². The lowest BCUT2D eigenvalue weighted by Gasteiger charge is -2.27. The molecule has 1 aromatic rings. The van der Waals surface area contributed by atoms with E-state index in [1.54, 1.807) is 7.11 Å². The van der Waals surface area contributed by atoms with Gasteiger partial charge < -0.3 is 14.6 Å². The number of fused-ring (bicyclic) bond motifs is 1. The van der Waals surface area contributed by atoms with Crippen LogP contribution >= 0.6 is 0 Å². The van der Waals surface area contributed by atoms with Crippen LogP contribution in [0.15, 0.2) is 0 Å². The lowest BCUT2D eigenvalue weighted by Crippen LogP contribution is -2.37. The van der Waals surface area contributed by atoms with Gasteiger partial charge in [0.15, 0.2) is 5.82 Å². The van der Waals surface area contributed by atoms with Crippen LogP contribution in [0.3, 0.4) is 0 Å².